The molecule has 0 spiro atoms. The van der Waals surface area contributed by atoms with Crippen molar-refractivity contribution in [1.29, 1.82) is 0 Å². The highest BCUT2D eigenvalue weighted by Crippen LogP contribution is 2.14. The lowest BCUT2D eigenvalue weighted by atomic mass is 10.2. The number of aliphatic hydroxyl groups is 1. The molecule has 0 aromatic heterocycles. The van der Waals surface area contributed by atoms with Gasteiger partial charge in [-0.15, -0.1) is 0 Å². The highest BCUT2D eigenvalue weighted by Gasteiger charge is 2.20. The lowest BCUT2D eigenvalue weighted by Crippen LogP contribution is -2.29. The predicted octanol–water partition coefficient (Wildman–Crippen LogP) is 1.56. The molecule has 0 unspecified atom stereocenters. The zero-order chi connectivity index (χ0) is 11.4. The molecular formula is C13H17NO2. The van der Waals surface area contributed by atoms with E-state index in [1.165, 1.54) is 0 Å². The van der Waals surface area contributed by atoms with E-state index >= 15 is 0 Å². The number of nitrogens with zero attached hydrogens (tertiary/aromatic N) is 1. The molecule has 0 radical (unpaired) electrons. The van der Waals surface area contributed by atoms with Crippen molar-refractivity contribution >= 4 is 5.91 Å². The van der Waals surface area contributed by atoms with Crippen LogP contribution in [-0.2, 0) is 11.3 Å². The number of likely N-dealkylation sites (tertiary alicyclic amines) is 1. The molecule has 1 saturated heterocycles. The van der Waals surface area contributed by atoms with Crippen LogP contribution in [0, 0.1) is 0 Å². The first-order chi connectivity index (χ1) is 7.75. The van der Waals surface area contributed by atoms with Crippen LogP contribution in [0.4, 0.5) is 0 Å². The van der Waals surface area contributed by atoms with Crippen LogP contribution in [0.5, 0.6) is 0 Å². The summed E-state index contributed by atoms with van der Waals surface area (Å²) in [6.45, 7) is 1.32. The van der Waals surface area contributed by atoms with Crippen LogP contribution in [0.2, 0.25) is 0 Å². The van der Waals surface area contributed by atoms with Gasteiger partial charge >= 0.3 is 0 Å². The molecule has 16 heavy (non-hydrogen) atoms. The quantitative estimate of drug-likeness (QED) is 0.820. The summed E-state index contributed by atoms with van der Waals surface area (Å²) in [4.78, 5) is 13.6. The number of rotatable bonds is 2. The average molecular weight is 219 g/mol. The number of hydrogen-bond acceptors (Lipinski definition) is 2. The minimum Gasteiger partial charge on any atom is -0.393 e. The third-order valence-corrected chi connectivity index (χ3v) is 2.99. The minimum atomic E-state index is -0.315. The second kappa shape index (κ2) is 5.12. The van der Waals surface area contributed by atoms with Gasteiger partial charge in [0.05, 0.1) is 6.10 Å². The highest BCUT2D eigenvalue weighted by atomic mass is 16.3. The van der Waals surface area contributed by atoms with Crippen molar-refractivity contribution in [3.05, 3.63) is 35.9 Å². The molecular weight excluding hydrogens is 202 g/mol. The molecule has 1 heterocycles. The Bertz CT molecular complexity index is 350. The number of carbonyl (C=O) groups is 1. The maximum Gasteiger partial charge on any atom is 0.222 e. The molecule has 1 amide bonds. The molecule has 0 saturated carbocycles. The molecule has 1 aliphatic heterocycles. The molecule has 0 bridgehead atoms. The van der Waals surface area contributed by atoms with E-state index in [1.54, 1.807) is 0 Å². The number of benzene rings is 1. The van der Waals surface area contributed by atoms with Crippen LogP contribution in [0.15, 0.2) is 30.3 Å². The Kier molecular flexibility index (Phi) is 3.57. The van der Waals surface area contributed by atoms with Crippen molar-refractivity contribution in [3.8, 4) is 0 Å². The van der Waals surface area contributed by atoms with Crippen molar-refractivity contribution in [3.63, 3.8) is 0 Å². The summed E-state index contributed by atoms with van der Waals surface area (Å²) in [5, 5.41) is 9.51. The van der Waals surface area contributed by atoms with Gasteiger partial charge in [0, 0.05) is 19.5 Å². The van der Waals surface area contributed by atoms with Crippen LogP contribution in [0.1, 0.15) is 24.8 Å². The second-order valence-electron chi connectivity index (χ2n) is 4.28. The molecule has 3 nitrogen and oxygen atoms in total. The van der Waals surface area contributed by atoms with E-state index in [4.69, 9.17) is 0 Å². The Morgan fingerprint density at radius 1 is 1.25 bits per heavy atom. The Labute approximate surface area is 95.7 Å². The molecule has 2 rings (SSSR count). The van der Waals surface area contributed by atoms with Gasteiger partial charge in [-0.25, -0.2) is 0 Å². The van der Waals surface area contributed by atoms with Gasteiger partial charge in [0.2, 0.25) is 5.91 Å². The first-order valence-electron chi connectivity index (χ1n) is 5.75. The molecule has 1 N–H and O–H groups in total. The van der Waals surface area contributed by atoms with Gasteiger partial charge in [-0.1, -0.05) is 30.3 Å². The number of amides is 1. The normalized spacial score (nSPS) is 21.9. The molecule has 86 valence electrons. The highest BCUT2D eigenvalue weighted by molar-refractivity contribution is 5.76. The molecule has 3 heteroatoms. The SMILES string of the molecule is O=C1CC[C@@H](O)CCN1Cc1ccccc1. The summed E-state index contributed by atoms with van der Waals surface area (Å²) >= 11 is 0. The fourth-order valence-electron chi connectivity index (χ4n) is 1.99. The van der Waals surface area contributed by atoms with Crippen molar-refractivity contribution in [2.24, 2.45) is 0 Å². The van der Waals surface area contributed by atoms with E-state index < -0.39 is 0 Å². The maximum atomic E-state index is 11.8. The van der Waals surface area contributed by atoms with E-state index in [2.05, 4.69) is 0 Å². The first-order valence-corrected chi connectivity index (χ1v) is 5.75. The fourth-order valence-corrected chi connectivity index (χ4v) is 1.99. The number of carbonyl (C=O) groups excluding carboxylic acids is 1. The molecule has 1 fully saturated rings. The summed E-state index contributed by atoms with van der Waals surface area (Å²) in [6, 6.07) is 9.97. The van der Waals surface area contributed by atoms with Crippen molar-refractivity contribution in [1.82, 2.24) is 4.90 Å². The van der Waals surface area contributed by atoms with Gasteiger partial charge in [-0.3, -0.25) is 4.79 Å². The first kappa shape index (κ1) is 11.1. The molecule has 1 aromatic rings. The van der Waals surface area contributed by atoms with E-state index in [0.29, 0.717) is 32.4 Å². The summed E-state index contributed by atoms with van der Waals surface area (Å²) < 4.78 is 0. The van der Waals surface area contributed by atoms with Crippen LogP contribution in [0.25, 0.3) is 0 Å². The summed E-state index contributed by atoms with van der Waals surface area (Å²) in [7, 11) is 0. The van der Waals surface area contributed by atoms with Crippen molar-refractivity contribution in [2.75, 3.05) is 6.54 Å². The number of hydrogen-bond donors (Lipinski definition) is 1. The molecule has 1 aromatic carbocycles. The lowest BCUT2D eigenvalue weighted by molar-refractivity contribution is -0.131. The minimum absolute atomic E-state index is 0.153. The van der Waals surface area contributed by atoms with Crippen LogP contribution in [0.3, 0.4) is 0 Å². The Hall–Kier alpha value is -1.35. The zero-order valence-electron chi connectivity index (χ0n) is 9.30. The van der Waals surface area contributed by atoms with Crippen LogP contribution < -0.4 is 0 Å². The van der Waals surface area contributed by atoms with E-state index in [1.807, 2.05) is 35.2 Å². The molecule has 1 atom stereocenters. The van der Waals surface area contributed by atoms with Crippen molar-refractivity contribution in [2.45, 2.75) is 31.9 Å². The predicted molar refractivity (Wildman–Crippen MR) is 61.7 cm³/mol. The molecule has 0 aliphatic carbocycles. The Morgan fingerprint density at radius 2 is 2.00 bits per heavy atom. The Balaban J connectivity index is 2.00. The maximum absolute atomic E-state index is 11.8. The number of aliphatic hydroxyl groups excluding tert-OH is 1. The summed E-state index contributed by atoms with van der Waals surface area (Å²) in [6.07, 6.45) is 1.45. The summed E-state index contributed by atoms with van der Waals surface area (Å²) in [5.41, 5.74) is 1.15. The van der Waals surface area contributed by atoms with Gasteiger partial charge < -0.3 is 10.0 Å². The zero-order valence-corrected chi connectivity index (χ0v) is 9.30. The average Bonchev–Trinajstić information content (AvgIpc) is 2.46. The van der Waals surface area contributed by atoms with E-state index in [-0.39, 0.29) is 12.0 Å². The van der Waals surface area contributed by atoms with Gasteiger partial charge in [-0.05, 0) is 18.4 Å². The third-order valence-electron chi connectivity index (χ3n) is 2.99. The lowest BCUT2D eigenvalue weighted by Gasteiger charge is -2.20. The summed E-state index contributed by atoms with van der Waals surface area (Å²) in [5.74, 6) is 0.153. The standard InChI is InChI=1S/C13H17NO2/c15-12-6-7-13(16)14(9-8-12)10-11-4-2-1-3-5-11/h1-5,12,15H,6-10H2/t12-/m1/s1. The van der Waals surface area contributed by atoms with Gasteiger partial charge in [0.1, 0.15) is 0 Å². The van der Waals surface area contributed by atoms with E-state index in [0.717, 1.165) is 5.56 Å². The fraction of sp³-hybridized carbons (Fsp3) is 0.462. The van der Waals surface area contributed by atoms with Gasteiger partial charge in [0.15, 0.2) is 0 Å². The largest absolute Gasteiger partial charge is 0.393 e. The molecule has 1 aliphatic rings. The van der Waals surface area contributed by atoms with Crippen LogP contribution >= 0.6 is 0 Å². The van der Waals surface area contributed by atoms with Gasteiger partial charge in [0.25, 0.3) is 0 Å². The Morgan fingerprint density at radius 3 is 2.75 bits per heavy atom. The topological polar surface area (TPSA) is 40.5 Å². The van der Waals surface area contributed by atoms with Gasteiger partial charge in [-0.2, -0.15) is 0 Å². The van der Waals surface area contributed by atoms with Crippen molar-refractivity contribution < 1.29 is 9.90 Å². The monoisotopic (exact) mass is 219 g/mol. The smallest absolute Gasteiger partial charge is 0.222 e. The second-order valence-corrected chi connectivity index (χ2v) is 4.28. The third kappa shape index (κ3) is 2.83. The van der Waals surface area contributed by atoms with E-state index in [9.17, 15) is 9.90 Å². The van der Waals surface area contributed by atoms with Crippen LogP contribution in [-0.4, -0.2) is 28.6 Å².